The Morgan fingerprint density at radius 2 is 1.77 bits per heavy atom. The van der Waals surface area contributed by atoms with Crippen LogP contribution in [-0.2, 0) is 4.74 Å². The van der Waals surface area contributed by atoms with Gasteiger partial charge in [0.15, 0.2) is 0 Å². The SMILES string of the molecule is C[C@H]1OC(Oc2ccc3ccc(=O)oc3c2)[C@H](O)[C@@H](O)[C@@H]1O. The first-order valence-corrected chi connectivity index (χ1v) is 6.86. The predicted octanol–water partition coefficient (Wildman–Crippen LogP) is -0.000700. The number of hydrogen-bond acceptors (Lipinski definition) is 7. The van der Waals surface area contributed by atoms with Crippen LogP contribution in [0.4, 0.5) is 0 Å². The molecule has 0 bridgehead atoms. The second-order valence-corrected chi connectivity index (χ2v) is 5.25. The molecule has 2 aromatic rings. The monoisotopic (exact) mass is 308 g/mol. The molecule has 1 aliphatic heterocycles. The molecule has 0 aliphatic carbocycles. The summed E-state index contributed by atoms with van der Waals surface area (Å²) in [7, 11) is 0. The van der Waals surface area contributed by atoms with Gasteiger partial charge in [-0.3, -0.25) is 0 Å². The van der Waals surface area contributed by atoms with Crippen molar-refractivity contribution < 1.29 is 29.2 Å². The number of ether oxygens (including phenoxy) is 2. The first kappa shape index (κ1) is 15.0. The van der Waals surface area contributed by atoms with E-state index in [0.29, 0.717) is 11.3 Å². The molecule has 1 unspecified atom stereocenters. The Bertz CT molecular complexity index is 725. The summed E-state index contributed by atoms with van der Waals surface area (Å²) in [5, 5.41) is 30.0. The molecule has 1 aromatic carbocycles. The van der Waals surface area contributed by atoms with Crippen molar-refractivity contribution in [2.75, 3.05) is 0 Å². The standard InChI is InChI=1S/C15H16O7/c1-7-12(17)13(18)14(19)15(20-7)21-9-4-2-8-3-5-11(16)22-10(8)6-9/h2-7,12-15,17-19H,1H3/t7-,12-,13+,14-,15?/m1/s1. The van der Waals surface area contributed by atoms with Crippen molar-refractivity contribution in [3.05, 3.63) is 40.8 Å². The van der Waals surface area contributed by atoms with Crippen LogP contribution in [0.2, 0.25) is 0 Å². The molecule has 1 saturated heterocycles. The number of aliphatic hydroxyl groups excluding tert-OH is 3. The molecule has 118 valence electrons. The molecule has 5 atom stereocenters. The summed E-state index contributed by atoms with van der Waals surface area (Å²) in [4.78, 5) is 11.2. The van der Waals surface area contributed by atoms with Crippen LogP contribution in [0.1, 0.15) is 6.92 Å². The van der Waals surface area contributed by atoms with Gasteiger partial charge < -0.3 is 29.2 Å². The summed E-state index contributed by atoms with van der Waals surface area (Å²) >= 11 is 0. The number of rotatable bonds is 2. The lowest BCUT2D eigenvalue weighted by atomic mass is 10.00. The lowest BCUT2D eigenvalue weighted by molar-refractivity contribution is -0.268. The van der Waals surface area contributed by atoms with E-state index >= 15 is 0 Å². The van der Waals surface area contributed by atoms with E-state index in [4.69, 9.17) is 13.9 Å². The quantitative estimate of drug-likeness (QED) is 0.670. The normalized spacial score (nSPS) is 32.1. The van der Waals surface area contributed by atoms with Gasteiger partial charge in [-0.1, -0.05) is 0 Å². The third kappa shape index (κ3) is 2.71. The van der Waals surface area contributed by atoms with E-state index in [2.05, 4.69) is 0 Å². The lowest BCUT2D eigenvalue weighted by Gasteiger charge is -2.38. The fraction of sp³-hybridized carbons (Fsp3) is 0.400. The minimum absolute atomic E-state index is 0.307. The van der Waals surface area contributed by atoms with Gasteiger partial charge in [0.2, 0.25) is 6.29 Å². The minimum atomic E-state index is -1.40. The Kier molecular flexibility index (Phi) is 3.88. The molecule has 7 nitrogen and oxygen atoms in total. The van der Waals surface area contributed by atoms with Gasteiger partial charge in [0, 0.05) is 17.5 Å². The molecule has 0 amide bonds. The van der Waals surface area contributed by atoms with Gasteiger partial charge in [0.25, 0.3) is 0 Å². The summed E-state index contributed by atoms with van der Waals surface area (Å²) in [6.45, 7) is 1.57. The number of aliphatic hydroxyl groups is 3. The van der Waals surface area contributed by atoms with Crippen molar-refractivity contribution in [3.8, 4) is 5.75 Å². The van der Waals surface area contributed by atoms with Gasteiger partial charge in [-0.15, -0.1) is 0 Å². The largest absolute Gasteiger partial charge is 0.462 e. The molecule has 1 aliphatic rings. The van der Waals surface area contributed by atoms with Gasteiger partial charge in [0.1, 0.15) is 29.6 Å². The Morgan fingerprint density at radius 3 is 2.55 bits per heavy atom. The molecular weight excluding hydrogens is 292 g/mol. The van der Waals surface area contributed by atoms with Crippen LogP contribution in [0.25, 0.3) is 11.0 Å². The van der Waals surface area contributed by atoms with E-state index in [1.54, 1.807) is 25.1 Å². The van der Waals surface area contributed by atoms with Crippen molar-refractivity contribution in [2.45, 2.75) is 37.6 Å². The second kappa shape index (κ2) is 5.69. The fourth-order valence-electron chi connectivity index (χ4n) is 2.36. The molecule has 1 aromatic heterocycles. The maximum atomic E-state index is 11.2. The molecule has 2 heterocycles. The maximum absolute atomic E-state index is 11.2. The summed E-state index contributed by atoms with van der Waals surface area (Å²) < 4.78 is 15.9. The zero-order valence-electron chi connectivity index (χ0n) is 11.7. The van der Waals surface area contributed by atoms with Crippen LogP contribution in [0.15, 0.2) is 39.5 Å². The van der Waals surface area contributed by atoms with Gasteiger partial charge in [-0.2, -0.15) is 0 Å². The highest BCUT2D eigenvalue weighted by Gasteiger charge is 2.43. The van der Waals surface area contributed by atoms with Crippen LogP contribution in [0.5, 0.6) is 5.75 Å². The lowest BCUT2D eigenvalue weighted by Crippen LogP contribution is -2.58. The summed E-state index contributed by atoms with van der Waals surface area (Å²) in [6.07, 6.45) is -5.79. The van der Waals surface area contributed by atoms with Crippen LogP contribution in [0.3, 0.4) is 0 Å². The number of benzene rings is 1. The van der Waals surface area contributed by atoms with Gasteiger partial charge in [-0.25, -0.2) is 4.79 Å². The third-order valence-corrected chi connectivity index (χ3v) is 3.66. The highest BCUT2D eigenvalue weighted by atomic mass is 16.7. The third-order valence-electron chi connectivity index (χ3n) is 3.66. The highest BCUT2D eigenvalue weighted by molar-refractivity contribution is 5.77. The number of fused-ring (bicyclic) bond motifs is 1. The highest BCUT2D eigenvalue weighted by Crippen LogP contribution is 2.26. The zero-order valence-corrected chi connectivity index (χ0v) is 11.7. The van der Waals surface area contributed by atoms with Crippen molar-refractivity contribution in [3.63, 3.8) is 0 Å². The van der Waals surface area contributed by atoms with Crippen LogP contribution in [-0.4, -0.2) is 46.0 Å². The van der Waals surface area contributed by atoms with Crippen LogP contribution in [0, 0.1) is 0 Å². The molecular formula is C15H16O7. The Labute approximate surface area is 125 Å². The molecule has 3 N–H and O–H groups in total. The van der Waals surface area contributed by atoms with E-state index in [1.807, 2.05) is 0 Å². The Morgan fingerprint density at radius 1 is 1.05 bits per heavy atom. The summed E-state index contributed by atoms with van der Waals surface area (Å²) in [5.74, 6) is 0.307. The van der Waals surface area contributed by atoms with E-state index in [-0.39, 0.29) is 0 Å². The molecule has 0 radical (unpaired) electrons. The molecule has 3 rings (SSSR count). The van der Waals surface area contributed by atoms with E-state index in [1.165, 1.54) is 12.1 Å². The molecule has 0 saturated carbocycles. The Balaban J connectivity index is 1.84. The average Bonchev–Trinajstić information content (AvgIpc) is 2.50. The average molecular weight is 308 g/mol. The number of hydrogen-bond donors (Lipinski definition) is 3. The predicted molar refractivity (Wildman–Crippen MR) is 75.5 cm³/mol. The first-order valence-electron chi connectivity index (χ1n) is 6.86. The molecule has 22 heavy (non-hydrogen) atoms. The van der Waals surface area contributed by atoms with Crippen molar-refractivity contribution >= 4 is 11.0 Å². The zero-order chi connectivity index (χ0) is 15.9. The second-order valence-electron chi connectivity index (χ2n) is 5.25. The van der Waals surface area contributed by atoms with Gasteiger partial charge >= 0.3 is 5.63 Å². The summed E-state index contributed by atoms with van der Waals surface area (Å²) in [6, 6.07) is 7.75. The smallest absolute Gasteiger partial charge is 0.336 e. The van der Waals surface area contributed by atoms with Crippen LogP contribution >= 0.6 is 0 Å². The Hall–Kier alpha value is -1.93. The van der Waals surface area contributed by atoms with Crippen molar-refractivity contribution in [2.24, 2.45) is 0 Å². The molecule has 0 spiro atoms. The molecule has 7 heteroatoms. The van der Waals surface area contributed by atoms with Crippen molar-refractivity contribution in [1.29, 1.82) is 0 Å². The van der Waals surface area contributed by atoms with E-state index in [9.17, 15) is 20.1 Å². The van der Waals surface area contributed by atoms with E-state index in [0.717, 1.165) is 5.39 Å². The fourth-order valence-corrected chi connectivity index (χ4v) is 2.36. The summed E-state index contributed by atoms with van der Waals surface area (Å²) in [5.41, 5.74) is -0.144. The maximum Gasteiger partial charge on any atom is 0.336 e. The van der Waals surface area contributed by atoms with E-state index < -0.39 is 36.3 Å². The topological polar surface area (TPSA) is 109 Å². The van der Waals surface area contributed by atoms with Gasteiger partial charge in [0.05, 0.1) is 6.10 Å². The van der Waals surface area contributed by atoms with Gasteiger partial charge in [-0.05, 0) is 25.1 Å². The van der Waals surface area contributed by atoms with Crippen LogP contribution < -0.4 is 10.4 Å². The van der Waals surface area contributed by atoms with Crippen molar-refractivity contribution in [1.82, 2.24) is 0 Å². The first-order chi connectivity index (χ1) is 10.5. The molecule has 1 fully saturated rings. The minimum Gasteiger partial charge on any atom is -0.462 e.